The number of hydrazine groups is 1. The van der Waals surface area contributed by atoms with Gasteiger partial charge in [0, 0.05) is 22.5 Å². The first-order valence-corrected chi connectivity index (χ1v) is 16.2. The van der Waals surface area contributed by atoms with E-state index in [2.05, 4.69) is 89.2 Å². The number of aldehydes is 1. The molecule has 6 nitrogen and oxygen atoms in total. The van der Waals surface area contributed by atoms with Crippen molar-refractivity contribution in [3.8, 4) is 0 Å². The molecule has 5 rings (SSSR count). The Kier molecular flexibility index (Phi) is 11.8. The number of halogens is 1. The molecule has 0 radical (unpaired) electrons. The van der Waals surface area contributed by atoms with Crippen LogP contribution in [0.1, 0.15) is 53.9 Å². The van der Waals surface area contributed by atoms with E-state index in [1.807, 2.05) is 30.3 Å². The van der Waals surface area contributed by atoms with Crippen molar-refractivity contribution < 1.29 is 14.3 Å². The average Bonchev–Trinajstić information content (AvgIpc) is 3.10. The van der Waals surface area contributed by atoms with Crippen LogP contribution in [0.3, 0.4) is 0 Å². The summed E-state index contributed by atoms with van der Waals surface area (Å²) in [7, 11) is 0. The molecule has 1 heterocycles. The van der Waals surface area contributed by atoms with Crippen LogP contribution in [0.5, 0.6) is 0 Å². The summed E-state index contributed by atoms with van der Waals surface area (Å²) in [6.07, 6.45) is 4.26. The molecule has 1 aliphatic heterocycles. The van der Waals surface area contributed by atoms with E-state index in [0.29, 0.717) is 29.3 Å². The molecule has 0 bridgehead atoms. The van der Waals surface area contributed by atoms with Crippen LogP contribution in [0.4, 0.5) is 4.79 Å². The van der Waals surface area contributed by atoms with Crippen LogP contribution in [0.2, 0.25) is 5.02 Å². The summed E-state index contributed by atoms with van der Waals surface area (Å²) in [5.74, 6) is 0.626. The summed E-state index contributed by atoms with van der Waals surface area (Å²) in [6, 6.07) is 39.0. The molecule has 7 heteroatoms. The van der Waals surface area contributed by atoms with Gasteiger partial charge in [-0.15, -0.1) is 0 Å². The zero-order chi connectivity index (χ0) is 31.3. The number of benzene rings is 4. The van der Waals surface area contributed by atoms with Crippen LogP contribution < -0.4 is 5.43 Å². The van der Waals surface area contributed by atoms with Crippen molar-refractivity contribution in [3.05, 3.63) is 143 Å². The molecular formula is C38H42ClN3O3. The summed E-state index contributed by atoms with van der Waals surface area (Å²) in [6.45, 7) is 3.46. The quantitative estimate of drug-likeness (QED) is 0.116. The molecular weight excluding hydrogens is 582 g/mol. The number of ether oxygens (including phenoxy) is 1. The van der Waals surface area contributed by atoms with Crippen molar-refractivity contribution in [2.24, 2.45) is 0 Å². The smallest absolute Gasteiger partial charge is 0.425 e. The van der Waals surface area contributed by atoms with Gasteiger partial charge in [0.05, 0.1) is 6.54 Å². The number of hydrogen-bond acceptors (Lipinski definition) is 5. The molecule has 1 aliphatic rings. The van der Waals surface area contributed by atoms with Crippen LogP contribution in [0, 0.1) is 0 Å². The van der Waals surface area contributed by atoms with Crippen LogP contribution in [0.25, 0.3) is 0 Å². The summed E-state index contributed by atoms with van der Waals surface area (Å²) >= 11 is 6.26. The molecule has 234 valence electrons. The van der Waals surface area contributed by atoms with Crippen LogP contribution in [0.15, 0.2) is 115 Å². The van der Waals surface area contributed by atoms with Gasteiger partial charge in [-0.1, -0.05) is 121 Å². The number of piperidine rings is 1. The number of amides is 1. The SMILES string of the molecule is O=CCN(NCC(CCCN1CCC(c2ccccc2)CC1)(c1ccccc1)c1ccccc1)C(=O)OCc1ccccc1Cl. The number of nitrogens with zero attached hydrogens (tertiary/aromatic N) is 2. The van der Waals surface area contributed by atoms with E-state index in [4.69, 9.17) is 16.3 Å². The maximum absolute atomic E-state index is 13.2. The van der Waals surface area contributed by atoms with Crippen LogP contribution >= 0.6 is 11.6 Å². The highest BCUT2D eigenvalue weighted by atomic mass is 35.5. The van der Waals surface area contributed by atoms with E-state index in [0.717, 1.165) is 43.6 Å². The predicted octanol–water partition coefficient (Wildman–Crippen LogP) is 7.63. The van der Waals surface area contributed by atoms with E-state index in [9.17, 15) is 9.59 Å². The lowest BCUT2D eigenvalue weighted by atomic mass is 9.71. The second-order valence-electron chi connectivity index (χ2n) is 11.7. The normalized spacial score (nSPS) is 14.2. The average molecular weight is 624 g/mol. The Bertz CT molecular complexity index is 1440. The maximum Gasteiger partial charge on any atom is 0.425 e. The third-order valence-electron chi connectivity index (χ3n) is 8.95. The Labute approximate surface area is 271 Å². The zero-order valence-electron chi connectivity index (χ0n) is 25.7. The van der Waals surface area contributed by atoms with Crippen molar-refractivity contribution in [1.82, 2.24) is 15.3 Å². The topological polar surface area (TPSA) is 61.9 Å². The highest BCUT2D eigenvalue weighted by molar-refractivity contribution is 6.31. The fourth-order valence-electron chi connectivity index (χ4n) is 6.42. The van der Waals surface area contributed by atoms with E-state index >= 15 is 0 Å². The predicted molar refractivity (Wildman–Crippen MR) is 180 cm³/mol. The number of carbonyl (C=O) groups is 2. The van der Waals surface area contributed by atoms with Gasteiger partial charge in [0.1, 0.15) is 12.9 Å². The summed E-state index contributed by atoms with van der Waals surface area (Å²) < 4.78 is 5.58. The van der Waals surface area contributed by atoms with Crippen molar-refractivity contribution >= 4 is 24.0 Å². The molecule has 1 amide bonds. The lowest BCUT2D eigenvalue weighted by Gasteiger charge is -2.38. The van der Waals surface area contributed by atoms with Crippen molar-refractivity contribution in [2.45, 2.75) is 43.6 Å². The fourth-order valence-corrected chi connectivity index (χ4v) is 6.61. The zero-order valence-corrected chi connectivity index (χ0v) is 26.4. The van der Waals surface area contributed by atoms with Gasteiger partial charge in [0.25, 0.3) is 0 Å². The second kappa shape index (κ2) is 16.4. The van der Waals surface area contributed by atoms with Gasteiger partial charge < -0.3 is 14.4 Å². The van der Waals surface area contributed by atoms with Gasteiger partial charge in [-0.25, -0.2) is 15.2 Å². The van der Waals surface area contributed by atoms with Crippen molar-refractivity contribution in [2.75, 3.05) is 32.7 Å². The Morgan fingerprint density at radius 2 is 1.44 bits per heavy atom. The summed E-state index contributed by atoms with van der Waals surface area (Å²) in [5, 5.41) is 1.79. The maximum atomic E-state index is 13.2. The number of rotatable bonds is 14. The van der Waals surface area contributed by atoms with Gasteiger partial charge in [0.15, 0.2) is 0 Å². The first-order valence-electron chi connectivity index (χ1n) is 15.8. The largest absolute Gasteiger partial charge is 0.444 e. The van der Waals surface area contributed by atoms with Gasteiger partial charge in [-0.3, -0.25) is 0 Å². The molecule has 0 unspecified atom stereocenters. The minimum absolute atomic E-state index is 0.0129. The van der Waals surface area contributed by atoms with E-state index in [-0.39, 0.29) is 13.2 Å². The second-order valence-corrected chi connectivity index (χ2v) is 12.1. The Hall–Kier alpha value is -3.97. The molecule has 45 heavy (non-hydrogen) atoms. The van der Waals surface area contributed by atoms with E-state index in [1.165, 1.54) is 23.4 Å². The van der Waals surface area contributed by atoms with Crippen molar-refractivity contribution in [3.63, 3.8) is 0 Å². The lowest BCUT2D eigenvalue weighted by molar-refractivity contribution is -0.109. The Morgan fingerprint density at radius 1 is 0.867 bits per heavy atom. The van der Waals surface area contributed by atoms with Crippen LogP contribution in [-0.2, 0) is 21.6 Å². The molecule has 1 saturated heterocycles. The Balaban J connectivity index is 1.30. The standard InChI is InChI=1S/C38H42ClN3O3/c39-36-20-11-10-15-33(36)29-45-37(44)42(27-28-43)40-30-38(34-16-6-2-7-17-34,35-18-8-3-9-19-35)23-12-24-41-25-21-32(22-26-41)31-13-4-1-5-14-31/h1-11,13-20,28,32,40H,12,21-27,29-30H2. The number of likely N-dealkylation sites (tertiary alicyclic amines) is 1. The van der Waals surface area contributed by atoms with Gasteiger partial charge in [0.2, 0.25) is 0 Å². The first kappa shape index (κ1) is 32.4. The highest BCUT2D eigenvalue weighted by Crippen LogP contribution is 2.37. The van der Waals surface area contributed by atoms with Gasteiger partial charge >= 0.3 is 6.09 Å². The number of hydrogen-bond donors (Lipinski definition) is 1. The lowest BCUT2D eigenvalue weighted by Crippen LogP contribution is -2.51. The third-order valence-corrected chi connectivity index (χ3v) is 9.32. The van der Waals surface area contributed by atoms with E-state index < -0.39 is 11.5 Å². The first-order chi connectivity index (χ1) is 22.1. The third kappa shape index (κ3) is 8.60. The fraction of sp³-hybridized carbons (Fsp3) is 0.316. The minimum atomic E-state index is -0.627. The molecule has 0 saturated carbocycles. The summed E-state index contributed by atoms with van der Waals surface area (Å²) in [4.78, 5) is 27.4. The molecule has 4 aromatic rings. The molecule has 0 aliphatic carbocycles. The number of nitrogens with one attached hydrogen (secondary N) is 1. The molecule has 0 aromatic heterocycles. The Morgan fingerprint density at radius 3 is 2.04 bits per heavy atom. The minimum Gasteiger partial charge on any atom is -0.444 e. The van der Waals surface area contributed by atoms with E-state index in [1.54, 1.807) is 6.07 Å². The van der Waals surface area contributed by atoms with Crippen molar-refractivity contribution in [1.29, 1.82) is 0 Å². The molecule has 4 aromatic carbocycles. The molecule has 0 spiro atoms. The molecule has 1 N–H and O–H groups in total. The molecule has 1 fully saturated rings. The summed E-state index contributed by atoms with van der Waals surface area (Å²) in [5.41, 5.74) is 7.31. The number of carbonyl (C=O) groups excluding carboxylic acids is 2. The molecule has 0 atom stereocenters. The van der Waals surface area contributed by atoms with Crippen LogP contribution in [-0.4, -0.2) is 55.0 Å². The van der Waals surface area contributed by atoms with Gasteiger partial charge in [-0.05, 0) is 74.0 Å². The monoisotopic (exact) mass is 623 g/mol. The van der Waals surface area contributed by atoms with Gasteiger partial charge in [-0.2, -0.15) is 0 Å². The highest BCUT2D eigenvalue weighted by Gasteiger charge is 2.35.